The molecule has 0 aliphatic carbocycles. The molecule has 3 rings (SSSR count). The molecule has 2 amide bonds. The van der Waals surface area contributed by atoms with Gasteiger partial charge in [0.05, 0.1) is 38.0 Å². The summed E-state index contributed by atoms with van der Waals surface area (Å²) in [4.78, 5) is 30.2. The summed E-state index contributed by atoms with van der Waals surface area (Å²) in [5, 5.41) is 0. The van der Waals surface area contributed by atoms with Crippen molar-refractivity contribution >= 4 is 17.4 Å². The third kappa shape index (κ3) is 5.68. The van der Waals surface area contributed by atoms with Crippen molar-refractivity contribution in [2.24, 2.45) is 0 Å². The molecule has 0 radical (unpaired) electrons. The summed E-state index contributed by atoms with van der Waals surface area (Å²) in [5.74, 6) is 0.155. The van der Waals surface area contributed by atoms with E-state index >= 15 is 0 Å². The van der Waals surface area contributed by atoms with Crippen LogP contribution >= 0.6 is 0 Å². The minimum absolute atomic E-state index is 0.111. The zero-order valence-corrected chi connectivity index (χ0v) is 19.3. The summed E-state index contributed by atoms with van der Waals surface area (Å²) < 4.78 is 21.9. The fourth-order valence-corrected chi connectivity index (χ4v) is 3.95. The van der Waals surface area contributed by atoms with Gasteiger partial charge >= 0.3 is 0 Å². The van der Waals surface area contributed by atoms with Gasteiger partial charge < -0.3 is 23.8 Å². The second kappa shape index (κ2) is 12.0. The van der Waals surface area contributed by atoms with Gasteiger partial charge in [-0.05, 0) is 37.0 Å². The number of carbonyl (C=O) groups is 2. The van der Waals surface area contributed by atoms with Crippen LogP contribution in [0.15, 0.2) is 30.0 Å². The van der Waals surface area contributed by atoms with Crippen molar-refractivity contribution in [3.05, 3.63) is 35.5 Å². The Bertz CT molecular complexity index is 793. The number of imide groups is 1. The predicted octanol–water partition coefficient (Wildman–Crippen LogP) is 2.33. The van der Waals surface area contributed by atoms with Crippen LogP contribution in [0, 0.1) is 0 Å². The number of hydrogen-bond acceptors (Lipinski definition) is 7. The van der Waals surface area contributed by atoms with Crippen molar-refractivity contribution in [3.8, 4) is 5.75 Å². The summed E-state index contributed by atoms with van der Waals surface area (Å²) in [6.45, 7) is 5.42. The highest BCUT2D eigenvalue weighted by Crippen LogP contribution is 2.33. The summed E-state index contributed by atoms with van der Waals surface area (Å²) in [6, 6.07) is 7.35. The van der Waals surface area contributed by atoms with Crippen LogP contribution in [0.2, 0.25) is 0 Å². The first-order chi connectivity index (χ1) is 15.6. The van der Waals surface area contributed by atoms with Crippen molar-refractivity contribution in [1.29, 1.82) is 0 Å². The van der Waals surface area contributed by atoms with Crippen LogP contribution in [0.4, 0.5) is 0 Å². The van der Waals surface area contributed by atoms with Gasteiger partial charge in [0.1, 0.15) is 11.4 Å². The summed E-state index contributed by atoms with van der Waals surface area (Å²) >= 11 is 0. The first kappa shape index (κ1) is 24.2. The van der Waals surface area contributed by atoms with Gasteiger partial charge in [0.2, 0.25) is 0 Å². The second-order valence-corrected chi connectivity index (χ2v) is 7.93. The molecule has 176 valence electrons. The molecule has 2 aliphatic rings. The normalized spacial score (nSPS) is 18.7. The Morgan fingerprint density at radius 1 is 1.03 bits per heavy atom. The van der Waals surface area contributed by atoms with E-state index in [1.54, 1.807) is 14.2 Å². The number of methoxy groups -OCH3 is 2. The van der Waals surface area contributed by atoms with Gasteiger partial charge in [0.25, 0.3) is 11.8 Å². The van der Waals surface area contributed by atoms with Gasteiger partial charge in [0, 0.05) is 33.9 Å². The molecular weight excluding hydrogens is 412 g/mol. The van der Waals surface area contributed by atoms with Crippen LogP contribution in [-0.2, 0) is 23.8 Å². The Labute approximate surface area is 190 Å². The maximum absolute atomic E-state index is 13.5. The minimum atomic E-state index is -0.293. The Morgan fingerprint density at radius 2 is 1.72 bits per heavy atom. The van der Waals surface area contributed by atoms with Gasteiger partial charge in [-0.2, -0.15) is 0 Å². The maximum atomic E-state index is 13.5. The SMILES string of the molecule is CCCOc1ccc(C2=C(N(CCOC)CCOC)C(=O)N(CC3CCCO3)C2=O)cc1. The molecular formula is C24H34N2O6. The summed E-state index contributed by atoms with van der Waals surface area (Å²) in [5.41, 5.74) is 1.49. The lowest BCUT2D eigenvalue weighted by molar-refractivity contribution is -0.139. The van der Waals surface area contributed by atoms with Crippen LogP contribution in [0.3, 0.4) is 0 Å². The van der Waals surface area contributed by atoms with Gasteiger partial charge in [-0.15, -0.1) is 0 Å². The molecule has 1 aromatic rings. The van der Waals surface area contributed by atoms with Crippen LogP contribution in [-0.4, -0.2) is 88.0 Å². The minimum Gasteiger partial charge on any atom is -0.494 e. The van der Waals surface area contributed by atoms with E-state index in [0.29, 0.717) is 56.4 Å². The van der Waals surface area contributed by atoms with Gasteiger partial charge in [-0.25, -0.2) is 0 Å². The van der Waals surface area contributed by atoms with Gasteiger partial charge in [-0.1, -0.05) is 19.1 Å². The van der Waals surface area contributed by atoms with E-state index in [0.717, 1.165) is 25.0 Å². The Hall–Kier alpha value is -2.42. The van der Waals surface area contributed by atoms with Crippen molar-refractivity contribution < 1.29 is 28.5 Å². The number of benzene rings is 1. The highest BCUT2D eigenvalue weighted by Gasteiger charge is 2.42. The standard InChI is InChI=1S/C24H34N2O6/c1-4-13-31-19-9-7-18(8-10-19)21-22(25(11-15-29-2)12-16-30-3)24(28)26(23(21)27)17-20-6-5-14-32-20/h7-10,20H,4-6,11-17H2,1-3H3. The summed E-state index contributed by atoms with van der Waals surface area (Å²) in [6.07, 6.45) is 2.60. The Balaban J connectivity index is 1.95. The largest absolute Gasteiger partial charge is 0.494 e. The molecule has 8 nitrogen and oxygen atoms in total. The molecule has 32 heavy (non-hydrogen) atoms. The van der Waals surface area contributed by atoms with E-state index in [4.69, 9.17) is 18.9 Å². The van der Waals surface area contributed by atoms with E-state index in [1.165, 1.54) is 4.90 Å². The highest BCUT2D eigenvalue weighted by molar-refractivity contribution is 6.35. The van der Waals surface area contributed by atoms with E-state index in [2.05, 4.69) is 0 Å². The monoisotopic (exact) mass is 446 g/mol. The molecule has 1 fully saturated rings. The number of rotatable bonds is 13. The molecule has 1 unspecified atom stereocenters. The lowest BCUT2D eigenvalue weighted by atomic mass is 10.0. The molecule has 0 N–H and O–H groups in total. The van der Waals surface area contributed by atoms with Gasteiger partial charge in [0.15, 0.2) is 0 Å². The number of nitrogens with zero attached hydrogens (tertiary/aromatic N) is 2. The number of hydrogen-bond donors (Lipinski definition) is 0. The molecule has 0 spiro atoms. The number of amides is 2. The number of carbonyl (C=O) groups excluding carboxylic acids is 2. The van der Waals surface area contributed by atoms with Crippen molar-refractivity contribution in [2.45, 2.75) is 32.3 Å². The molecule has 1 atom stereocenters. The Kier molecular flexibility index (Phi) is 9.08. The first-order valence-electron chi connectivity index (χ1n) is 11.3. The maximum Gasteiger partial charge on any atom is 0.277 e. The molecule has 0 bridgehead atoms. The van der Waals surface area contributed by atoms with Crippen molar-refractivity contribution in [3.63, 3.8) is 0 Å². The fourth-order valence-electron chi connectivity index (χ4n) is 3.95. The average Bonchev–Trinajstić information content (AvgIpc) is 3.41. The fraction of sp³-hybridized carbons (Fsp3) is 0.583. The van der Waals surface area contributed by atoms with E-state index in [9.17, 15) is 9.59 Å². The first-order valence-corrected chi connectivity index (χ1v) is 11.3. The summed E-state index contributed by atoms with van der Waals surface area (Å²) in [7, 11) is 3.23. The highest BCUT2D eigenvalue weighted by atomic mass is 16.5. The average molecular weight is 447 g/mol. The quantitative estimate of drug-likeness (QED) is 0.431. The lowest BCUT2D eigenvalue weighted by Crippen LogP contribution is -2.41. The molecule has 1 aromatic carbocycles. The third-order valence-corrected chi connectivity index (χ3v) is 5.62. The number of ether oxygens (including phenoxy) is 4. The van der Waals surface area contributed by atoms with Crippen molar-refractivity contribution in [1.82, 2.24) is 9.80 Å². The molecule has 8 heteroatoms. The Morgan fingerprint density at radius 3 is 2.28 bits per heavy atom. The lowest BCUT2D eigenvalue weighted by Gasteiger charge is -2.26. The molecule has 2 aliphatic heterocycles. The zero-order chi connectivity index (χ0) is 22.9. The molecule has 2 heterocycles. The van der Waals surface area contributed by atoms with Crippen LogP contribution in [0.5, 0.6) is 5.75 Å². The van der Waals surface area contributed by atoms with E-state index < -0.39 is 0 Å². The molecule has 0 saturated carbocycles. The molecule has 0 aromatic heterocycles. The van der Waals surface area contributed by atoms with E-state index in [-0.39, 0.29) is 24.5 Å². The van der Waals surface area contributed by atoms with Crippen LogP contribution < -0.4 is 4.74 Å². The molecule has 1 saturated heterocycles. The van der Waals surface area contributed by atoms with Crippen LogP contribution in [0.1, 0.15) is 31.7 Å². The van der Waals surface area contributed by atoms with Crippen molar-refractivity contribution in [2.75, 3.05) is 60.3 Å². The zero-order valence-electron chi connectivity index (χ0n) is 19.3. The van der Waals surface area contributed by atoms with E-state index in [1.807, 2.05) is 36.1 Å². The van der Waals surface area contributed by atoms with Crippen LogP contribution in [0.25, 0.3) is 5.57 Å². The topological polar surface area (TPSA) is 77.5 Å². The van der Waals surface area contributed by atoms with Gasteiger partial charge in [-0.3, -0.25) is 14.5 Å². The predicted molar refractivity (Wildman–Crippen MR) is 120 cm³/mol. The second-order valence-electron chi connectivity index (χ2n) is 7.93. The smallest absolute Gasteiger partial charge is 0.277 e. The third-order valence-electron chi connectivity index (χ3n) is 5.62.